The zero-order valence-corrected chi connectivity index (χ0v) is 14.8. The molecule has 0 fully saturated rings. The minimum atomic E-state index is -0.0904. The van der Waals surface area contributed by atoms with Crippen molar-refractivity contribution in [3.63, 3.8) is 0 Å². The summed E-state index contributed by atoms with van der Waals surface area (Å²) < 4.78 is 0.680. The van der Waals surface area contributed by atoms with E-state index in [-0.39, 0.29) is 17.4 Å². The maximum absolute atomic E-state index is 12.2. The lowest BCUT2D eigenvalue weighted by atomic mass is 9.96. The van der Waals surface area contributed by atoms with Crippen molar-refractivity contribution in [3.8, 4) is 16.9 Å². The number of nitrogens with one attached hydrogen (secondary N) is 2. The van der Waals surface area contributed by atoms with Crippen molar-refractivity contribution < 1.29 is 5.11 Å². The van der Waals surface area contributed by atoms with Crippen molar-refractivity contribution in [2.45, 2.75) is 13.0 Å². The van der Waals surface area contributed by atoms with E-state index in [1.165, 1.54) is 16.9 Å². The summed E-state index contributed by atoms with van der Waals surface area (Å²) in [5, 5.41) is 17.4. The maximum Gasteiger partial charge on any atom is 0.266 e. The van der Waals surface area contributed by atoms with E-state index in [0.717, 1.165) is 27.4 Å². The molecule has 1 atom stereocenters. The minimum Gasteiger partial charge on any atom is -0.507 e. The summed E-state index contributed by atoms with van der Waals surface area (Å²) in [7, 11) is 1.93. The molecule has 0 spiro atoms. The predicted octanol–water partition coefficient (Wildman–Crippen LogP) is 4.40. The van der Waals surface area contributed by atoms with Crippen LogP contribution in [-0.4, -0.2) is 17.1 Å². The van der Waals surface area contributed by atoms with Crippen molar-refractivity contribution in [3.05, 3.63) is 63.8 Å². The second kappa shape index (κ2) is 6.02. The Morgan fingerprint density at radius 3 is 2.60 bits per heavy atom. The zero-order valence-electron chi connectivity index (χ0n) is 14.0. The number of aromatic amines is 1. The lowest BCUT2D eigenvalue weighted by molar-refractivity contribution is 0.478. The summed E-state index contributed by atoms with van der Waals surface area (Å²) in [6.45, 7) is 2.10. The smallest absolute Gasteiger partial charge is 0.266 e. The maximum atomic E-state index is 12.2. The van der Waals surface area contributed by atoms with Gasteiger partial charge in [-0.25, -0.2) is 0 Å². The number of phenolic OH excluding ortho intramolecular Hbond substituents is 1. The van der Waals surface area contributed by atoms with Gasteiger partial charge in [-0.2, -0.15) is 0 Å². The SMILES string of the molecule is CN[C@@H](C)c1ccc(-c2c(O)ccc3[nH]c(=O)c4sccc4c23)cc1. The highest BCUT2D eigenvalue weighted by Gasteiger charge is 2.15. The lowest BCUT2D eigenvalue weighted by Crippen LogP contribution is -2.11. The average Bonchev–Trinajstić information content (AvgIpc) is 3.12. The fraction of sp³-hybridized carbons (Fsp3) is 0.150. The number of hydrogen-bond donors (Lipinski definition) is 3. The number of pyridine rings is 1. The summed E-state index contributed by atoms with van der Waals surface area (Å²) in [6.07, 6.45) is 0. The molecule has 3 N–H and O–H groups in total. The van der Waals surface area contributed by atoms with Crippen LogP contribution in [0.5, 0.6) is 5.75 Å². The topological polar surface area (TPSA) is 65.1 Å². The first-order valence-electron chi connectivity index (χ1n) is 8.13. The Bertz CT molecular complexity index is 1130. The van der Waals surface area contributed by atoms with Gasteiger partial charge in [0.05, 0.1) is 0 Å². The number of H-pyrrole nitrogens is 1. The fourth-order valence-electron chi connectivity index (χ4n) is 3.23. The molecule has 0 saturated heterocycles. The molecule has 0 saturated carbocycles. The van der Waals surface area contributed by atoms with E-state index in [9.17, 15) is 9.90 Å². The summed E-state index contributed by atoms with van der Waals surface area (Å²) in [5.41, 5.74) is 3.50. The van der Waals surface area contributed by atoms with Crippen LogP contribution >= 0.6 is 11.3 Å². The van der Waals surface area contributed by atoms with Gasteiger partial charge in [0.15, 0.2) is 0 Å². The molecule has 4 nitrogen and oxygen atoms in total. The van der Waals surface area contributed by atoms with Gasteiger partial charge in [0, 0.05) is 27.9 Å². The van der Waals surface area contributed by atoms with Gasteiger partial charge in [-0.3, -0.25) is 4.79 Å². The van der Waals surface area contributed by atoms with Crippen molar-refractivity contribution in [2.75, 3.05) is 7.05 Å². The number of rotatable bonds is 3. The fourth-order valence-corrected chi connectivity index (χ4v) is 4.03. The first-order chi connectivity index (χ1) is 12.1. The first-order valence-corrected chi connectivity index (χ1v) is 9.01. The molecule has 0 radical (unpaired) electrons. The number of aromatic nitrogens is 1. The van der Waals surface area contributed by atoms with Crippen LogP contribution < -0.4 is 10.9 Å². The van der Waals surface area contributed by atoms with Gasteiger partial charge in [0.2, 0.25) is 0 Å². The van der Waals surface area contributed by atoms with Crippen LogP contribution in [-0.2, 0) is 0 Å². The van der Waals surface area contributed by atoms with E-state index >= 15 is 0 Å². The van der Waals surface area contributed by atoms with Crippen molar-refractivity contribution in [1.82, 2.24) is 10.3 Å². The number of thiophene rings is 1. The lowest BCUT2D eigenvalue weighted by Gasteiger charge is -2.13. The third kappa shape index (κ3) is 2.52. The molecule has 0 unspecified atom stereocenters. The van der Waals surface area contributed by atoms with Crippen LogP contribution in [0.15, 0.2) is 52.6 Å². The number of aromatic hydroxyl groups is 1. The monoisotopic (exact) mass is 350 g/mol. The Morgan fingerprint density at radius 1 is 1.12 bits per heavy atom. The Labute approximate surface area is 148 Å². The van der Waals surface area contributed by atoms with Crippen LogP contribution in [0, 0.1) is 0 Å². The van der Waals surface area contributed by atoms with Crippen LogP contribution in [0.1, 0.15) is 18.5 Å². The van der Waals surface area contributed by atoms with Gasteiger partial charge in [-0.05, 0) is 48.7 Å². The summed E-state index contributed by atoms with van der Waals surface area (Å²) >= 11 is 1.41. The highest BCUT2D eigenvalue weighted by molar-refractivity contribution is 7.17. The van der Waals surface area contributed by atoms with E-state index < -0.39 is 0 Å². The predicted molar refractivity (Wildman–Crippen MR) is 105 cm³/mol. The molecule has 126 valence electrons. The van der Waals surface area contributed by atoms with Crippen LogP contribution in [0.25, 0.3) is 32.1 Å². The Morgan fingerprint density at radius 2 is 1.88 bits per heavy atom. The molecule has 0 aliphatic rings. The molecule has 5 heteroatoms. The Hall–Kier alpha value is -2.63. The highest BCUT2D eigenvalue weighted by atomic mass is 32.1. The van der Waals surface area contributed by atoms with Gasteiger partial charge >= 0.3 is 0 Å². The summed E-state index contributed by atoms with van der Waals surface area (Å²) in [4.78, 5) is 15.2. The average molecular weight is 350 g/mol. The van der Waals surface area contributed by atoms with E-state index in [4.69, 9.17) is 0 Å². The van der Waals surface area contributed by atoms with Gasteiger partial charge in [0.1, 0.15) is 10.4 Å². The summed E-state index contributed by atoms with van der Waals surface area (Å²) in [6, 6.07) is 13.7. The van der Waals surface area contributed by atoms with Gasteiger partial charge in [-0.1, -0.05) is 24.3 Å². The first kappa shape index (κ1) is 15.9. The molecule has 4 aromatic rings. The molecule has 2 heterocycles. The third-order valence-electron chi connectivity index (χ3n) is 4.70. The largest absolute Gasteiger partial charge is 0.507 e. The molecule has 0 amide bonds. The second-order valence-electron chi connectivity index (χ2n) is 6.13. The standard InChI is InChI=1S/C20H18N2O2S/c1-11(21-2)12-3-5-13(6-4-12)17-16(23)8-7-15-18(17)14-9-10-25-19(14)20(24)22-15/h3-11,21,23H,1-2H3,(H,22,24)/t11-/m0/s1. The van der Waals surface area contributed by atoms with Gasteiger partial charge < -0.3 is 15.4 Å². The van der Waals surface area contributed by atoms with Crippen molar-refractivity contribution in [2.24, 2.45) is 0 Å². The van der Waals surface area contributed by atoms with E-state index in [1.807, 2.05) is 30.6 Å². The second-order valence-corrected chi connectivity index (χ2v) is 7.05. The molecule has 0 aliphatic carbocycles. The molecule has 4 rings (SSSR count). The van der Waals surface area contributed by atoms with Crippen LogP contribution in [0.2, 0.25) is 0 Å². The zero-order chi connectivity index (χ0) is 17.6. The van der Waals surface area contributed by atoms with E-state index in [2.05, 4.69) is 29.4 Å². The quantitative estimate of drug-likeness (QED) is 0.513. The number of fused-ring (bicyclic) bond motifs is 3. The molecular weight excluding hydrogens is 332 g/mol. The highest BCUT2D eigenvalue weighted by Crippen LogP contribution is 2.39. The van der Waals surface area contributed by atoms with Crippen LogP contribution in [0.3, 0.4) is 0 Å². The molecule has 2 aromatic heterocycles. The number of benzene rings is 2. The summed E-state index contributed by atoms with van der Waals surface area (Å²) in [5.74, 6) is 0.210. The van der Waals surface area contributed by atoms with Gasteiger partial charge in [0.25, 0.3) is 5.56 Å². The Balaban J connectivity index is 2.02. The number of hydrogen-bond acceptors (Lipinski definition) is 4. The van der Waals surface area contributed by atoms with Gasteiger partial charge in [-0.15, -0.1) is 11.3 Å². The van der Waals surface area contributed by atoms with Crippen molar-refractivity contribution >= 4 is 32.3 Å². The van der Waals surface area contributed by atoms with Crippen molar-refractivity contribution in [1.29, 1.82) is 0 Å². The van der Waals surface area contributed by atoms with E-state index in [1.54, 1.807) is 12.1 Å². The molecular formula is C20H18N2O2S. The third-order valence-corrected chi connectivity index (χ3v) is 5.62. The molecule has 25 heavy (non-hydrogen) atoms. The molecule has 2 aromatic carbocycles. The normalized spacial score (nSPS) is 12.7. The van der Waals surface area contributed by atoms with Crippen LogP contribution in [0.4, 0.5) is 0 Å². The van der Waals surface area contributed by atoms with E-state index in [0.29, 0.717) is 4.70 Å². The minimum absolute atomic E-state index is 0.0904. The molecule has 0 bridgehead atoms. The molecule has 0 aliphatic heterocycles. The Kier molecular flexibility index (Phi) is 3.82. The number of phenols is 1.